The van der Waals surface area contributed by atoms with Crippen molar-refractivity contribution in [2.24, 2.45) is 5.92 Å². The van der Waals surface area contributed by atoms with Crippen molar-refractivity contribution in [1.29, 1.82) is 0 Å². The third-order valence-electron chi connectivity index (χ3n) is 3.16. The van der Waals surface area contributed by atoms with Crippen LogP contribution >= 0.6 is 27.3 Å². The molecule has 0 saturated heterocycles. The number of nitrogens with one attached hydrogen (secondary N) is 2. The van der Waals surface area contributed by atoms with Crippen LogP contribution in [-0.2, 0) is 20.8 Å². The smallest absolute Gasteiger partial charge is 0.315 e. The number of aliphatic carboxylic acids is 1. The Morgan fingerprint density at radius 3 is 2.61 bits per heavy atom. The molecule has 0 fully saturated rings. The number of rotatable bonds is 7. The Bertz CT molecular complexity index is 903. The molecule has 1 heterocycles. The van der Waals surface area contributed by atoms with E-state index >= 15 is 0 Å². The van der Waals surface area contributed by atoms with Gasteiger partial charge in [0, 0.05) is 6.07 Å². The van der Waals surface area contributed by atoms with E-state index in [1.54, 1.807) is 0 Å². The first-order chi connectivity index (χ1) is 13.2. The van der Waals surface area contributed by atoms with Crippen LogP contribution in [0, 0.1) is 11.7 Å². The molecule has 0 spiro atoms. The minimum absolute atomic E-state index is 0.0682. The van der Waals surface area contributed by atoms with E-state index in [2.05, 4.69) is 31.5 Å². The van der Waals surface area contributed by atoms with E-state index in [-0.39, 0.29) is 34.6 Å². The van der Waals surface area contributed by atoms with Gasteiger partial charge in [-0.2, -0.15) is 0 Å². The van der Waals surface area contributed by atoms with Crippen LogP contribution in [0.25, 0.3) is 0 Å². The number of amides is 2. The van der Waals surface area contributed by atoms with Gasteiger partial charge in [0.15, 0.2) is 5.13 Å². The third kappa shape index (κ3) is 6.27. The Labute approximate surface area is 172 Å². The highest BCUT2D eigenvalue weighted by Crippen LogP contribution is 2.29. The van der Waals surface area contributed by atoms with Crippen molar-refractivity contribution in [3.63, 3.8) is 0 Å². The lowest BCUT2D eigenvalue weighted by Gasteiger charge is -2.13. The number of carbonyl (C=O) groups excluding carboxylic acids is 2. The molecule has 0 aliphatic carbocycles. The lowest BCUT2D eigenvalue weighted by molar-refractivity contribution is -0.136. The molecule has 3 N–H and O–H groups in total. The number of thiazole rings is 1. The van der Waals surface area contributed by atoms with Gasteiger partial charge < -0.3 is 15.2 Å². The zero-order chi connectivity index (χ0) is 20.8. The van der Waals surface area contributed by atoms with Crippen molar-refractivity contribution in [1.82, 2.24) is 4.98 Å². The quantitative estimate of drug-likeness (QED) is 0.531. The summed E-state index contributed by atoms with van der Waals surface area (Å²) in [5.41, 5.74) is 0.380. The van der Waals surface area contributed by atoms with Crippen LogP contribution in [0.1, 0.15) is 19.5 Å². The number of aromatic nitrogens is 1. The van der Waals surface area contributed by atoms with Gasteiger partial charge in [-0.1, -0.05) is 25.2 Å². The molecular weight excluding hydrogens is 457 g/mol. The van der Waals surface area contributed by atoms with E-state index in [9.17, 15) is 18.8 Å². The number of anilines is 2. The van der Waals surface area contributed by atoms with Crippen molar-refractivity contribution in [2.75, 3.05) is 17.2 Å². The first-order valence-electron chi connectivity index (χ1n) is 8.07. The minimum Gasteiger partial charge on any atom is -0.491 e. The largest absolute Gasteiger partial charge is 0.491 e. The Kier molecular flexibility index (Phi) is 7.46. The summed E-state index contributed by atoms with van der Waals surface area (Å²) in [5.74, 6) is -3.35. The molecule has 0 unspecified atom stereocenters. The lowest BCUT2D eigenvalue weighted by Crippen LogP contribution is -2.29. The summed E-state index contributed by atoms with van der Waals surface area (Å²) in [6, 6.07) is 3.54. The fourth-order valence-electron chi connectivity index (χ4n) is 1.95. The van der Waals surface area contributed by atoms with Gasteiger partial charge in [0.1, 0.15) is 11.6 Å². The van der Waals surface area contributed by atoms with Gasteiger partial charge in [-0.3, -0.25) is 19.7 Å². The number of carboxylic acids is 1. The fourth-order valence-corrected chi connectivity index (χ4v) is 3.34. The summed E-state index contributed by atoms with van der Waals surface area (Å²) >= 11 is 4.14. The van der Waals surface area contributed by atoms with Crippen molar-refractivity contribution in [3.05, 3.63) is 33.5 Å². The van der Waals surface area contributed by atoms with Gasteiger partial charge in [-0.15, -0.1) is 0 Å². The molecule has 2 amide bonds. The first-order valence-corrected chi connectivity index (χ1v) is 9.68. The summed E-state index contributed by atoms with van der Waals surface area (Å²) in [6.07, 6.45) is -0.328. The molecule has 0 radical (unpaired) electrons. The second-order valence-corrected chi connectivity index (χ2v) is 8.38. The van der Waals surface area contributed by atoms with E-state index in [1.807, 2.05) is 13.8 Å². The number of carbonyl (C=O) groups is 3. The highest BCUT2D eigenvalue weighted by molar-refractivity contribution is 9.11. The number of nitrogens with zero attached hydrogens (tertiary/aromatic N) is 1. The molecule has 11 heteroatoms. The van der Waals surface area contributed by atoms with Gasteiger partial charge in [0.25, 0.3) is 0 Å². The Morgan fingerprint density at radius 2 is 1.96 bits per heavy atom. The number of hydrogen-bond donors (Lipinski definition) is 3. The lowest BCUT2D eigenvalue weighted by atomic mass is 10.2. The molecule has 0 aliphatic heterocycles. The van der Waals surface area contributed by atoms with Crippen LogP contribution in [0.2, 0.25) is 0 Å². The summed E-state index contributed by atoms with van der Waals surface area (Å²) in [6.45, 7) is 4.13. The Balaban J connectivity index is 2.06. The van der Waals surface area contributed by atoms with Gasteiger partial charge in [0.2, 0.25) is 0 Å². The maximum Gasteiger partial charge on any atom is 0.315 e. The summed E-state index contributed by atoms with van der Waals surface area (Å²) < 4.78 is 19.4. The Morgan fingerprint density at radius 1 is 1.29 bits per heavy atom. The van der Waals surface area contributed by atoms with Crippen molar-refractivity contribution in [2.45, 2.75) is 20.3 Å². The van der Waals surface area contributed by atoms with Gasteiger partial charge in [0.05, 0.1) is 28.2 Å². The zero-order valence-corrected chi connectivity index (χ0v) is 17.3. The topological polar surface area (TPSA) is 118 Å². The zero-order valence-electron chi connectivity index (χ0n) is 14.9. The first kappa shape index (κ1) is 21.8. The van der Waals surface area contributed by atoms with Gasteiger partial charge >= 0.3 is 17.8 Å². The van der Waals surface area contributed by atoms with Crippen LogP contribution in [0.5, 0.6) is 5.75 Å². The number of hydrogen-bond acceptors (Lipinski definition) is 6. The maximum absolute atomic E-state index is 13.5. The average molecular weight is 474 g/mol. The second kappa shape index (κ2) is 9.60. The van der Waals surface area contributed by atoms with Gasteiger partial charge in [-0.05, 0) is 34.0 Å². The summed E-state index contributed by atoms with van der Waals surface area (Å²) in [7, 11) is 0. The number of benzene rings is 1. The molecule has 1 aromatic heterocycles. The molecule has 0 bridgehead atoms. The van der Waals surface area contributed by atoms with Crippen LogP contribution in [-0.4, -0.2) is 34.5 Å². The number of carboxylic acid groups (broad SMARTS) is 1. The van der Waals surface area contributed by atoms with Crippen LogP contribution < -0.4 is 15.4 Å². The van der Waals surface area contributed by atoms with Crippen molar-refractivity contribution < 1.29 is 28.6 Å². The molecular formula is C17H17BrFN3O5S. The third-order valence-corrected chi connectivity index (χ3v) is 4.90. The Hall–Kier alpha value is -2.53. The van der Waals surface area contributed by atoms with Crippen LogP contribution in [0.3, 0.4) is 0 Å². The molecule has 0 aliphatic rings. The van der Waals surface area contributed by atoms with E-state index in [1.165, 1.54) is 6.07 Å². The van der Waals surface area contributed by atoms with Gasteiger partial charge in [-0.25, -0.2) is 9.37 Å². The SMILES string of the molecule is CC(C)COc1cc(F)ccc1NC(=O)C(=O)Nc1nc(CC(=O)O)c(Br)s1. The molecule has 2 rings (SSSR count). The van der Waals surface area contributed by atoms with Crippen molar-refractivity contribution >= 4 is 55.9 Å². The van der Waals surface area contributed by atoms with Crippen LogP contribution in [0.4, 0.5) is 15.2 Å². The van der Waals surface area contributed by atoms with E-state index < -0.39 is 23.6 Å². The maximum atomic E-state index is 13.5. The normalized spacial score (nSPS) is 10.6. The number of ether oxygens (including phenoxy) is 1. The fraction of sp³-hybridized carbons (Fsp3) is 0.294. The molecule has 0 atom stereocenters. The minimum atomic E-state index is -1.08. The molecule has 8 nitrogen and oxygen atoms in total. The van der Waals surface area contributed by atoms with Crippen LogP contribution in [0.15, 0.2) is 22.0 Å². The predicted octanol–water partition coefficient (Wildman–Crippen LogP) is 3.28. The van der Waals surface area contributed by atoms with E-state index in [4.69, 9.17) is 9.84 Å². The molecule has 150 valence electrons. The summed E-state index contributed by atoms with van der Waals surface area (Å²) in [5, 5.41) is 13.5. The standard InChI is InChI=1S/C17H17BrFN3O5S/c1-8(2)7-27-12-5-9(19)3-4-10(12)20-15(25)16(26)22-17-21-11(6-13(23)24)14(18)28-17/h3-5,8H,6-7H2,1-2H3,(H,20,25)(H,23,24)(H,21,22,26). The molecule has 0 saturated carbocycles. The predicted molar refractivity (Wildman–Crippen MR) is 105 cm³/mol. The monoisotopic (exact) mass is 473 g/mol. The van der Waals surface area contributed by atoms with E-state index in [0.717, 1.165) is 23.5 Å². The molecule has 28 heavy (non-hydrogen) atoms. The number of halogens is 2. The highest BCUT2D eigenvalue weighted by Gasteiger charge is 2.20. The average Bonchev–Trinajstić information content (AvgIpc) is 2.93. The summed E-state index contributed by atoms with van der Waals surface area (Å²) in [4.78, 5) is 39.0. The van der Waals surface area contributed by atoms with Crippen molar-refractivity contribution in [3.8, 4) is 5.75 Å². The second-order valence-electron chi connectivity index (χ2n) is 6.06. The molecule has 1 aromatic carbocycles. The van der Waals surface area contributed by atoms with E-state index in [0.29, 0.717) is 10.4 Å². The highest BCUT2D eigenvalue weighted by atomic mass is 79.9. The molecule has 2 aromatic rings.